The fraction of sp³-hybridized carbons (Fsp3) is 0.917. The number of amides is 1. The van der Waals surface area contributed by atoms with Gasteiger partial charge in [-0.3, -0.25) is 4.79 Å². The van der Waals surface area contributed by atoms with Crippen molar-refractivity contribution < 1.29 is 9.53 Å². The van der Waals surface area contributed by atoms with Crippen molar-refractivity contribution in [3.63, 3.8) is 0 Å². The van der Waals surface area contributed by atoms with Gasteiger partial charge in [0.1, 0.15) is 0 Å². The standard InChI is InChI=1S/C4H9NO.C4H10O.2C2H6/c1-3-4(6)5-2;1-3-4-5-2;2*1-2/h3H2,1-2H3,(H,5,6);3-4H2,1-2H3;2*1-2H3. The van der Waals surface area contributed by atoms with Crippen LogP contribution in [0.25, 0.3) is 0 Å². The Balaban J connectivity index is -0.0000000610. The van der Waals surface area contributed by atoms with E-state index in [4.69, 9.17) is 4.74 Å². The van der Waals surface area contributed by atoms with Gasteiger partial charge in [-0.2, -0.15) is 0 Å². The van der Waals surface area contributed by atoms with E-state index in [9.17, 15) is 4.79 Å². The van der Waals surface area contributed by atoms with Crippen molar-refractivity contribution in [1.82, 2.24) is 5.32 Å². The molecule has 1 N–H and O–H groups in total. The van der Waals surface area contributed by atoms with Crippen LogP contribution in [0, 0.1) is 0 Å². The van der Waals surface area contributed by atoms with Crippen molar-refractivity contribution in [2.75, 3.05) is 20.8 Å². The third-order valence-corrected chi connectivity index (χ3v) is 1.01. The molecule has 0 aromatic heterocycles. The van der Waals surface area contributed by atoms with Crippen molar-refractivity contribution >= 4 is 5.91 Å². The highest BCUT2D eigenvalue weighted by Crippen LogP contribution is 1.70. The third kappa shape index (κ3) is 59.5. The average molecular weight is 221 g/mol. The molecular formula is C12H31NO2. The molecule has 0 aliphatic heterocycles. The zero-order valence-electron chi connectivity index (χ0n) is 11.9. The molecule has 0 heterocycles. The lowest BCUT2D eigenvalue weighted by Crippen LogP contribution is -2.15. The molecule has 0 fully saturated rings. The molecule has 3 nitrogen and oxygen atoms in total. The Morgan fingerprint density at radius 3 is 1.53 bits per heavy atom. The first-order valence-electron chi connectivity index (χ1n) is 5.92. The summed E-state index contributed by atoms with van der Waals surface area (Å²) in [6.07, 6.45) is 1.70. The summed E-state index contributed by atoms with van der Waals surface area (Å²) in [5.41, 5.74) is 0. The van der Waals surface area contributed by atoms with E-state index >= 15 is 0 Å². The summed E-state index contributed by atoms with van der Waals surface area (Å²) in [5.74, 6) is 0.0926. The lowest BCUT2D eigenvalue weighted by molar-refractivity contribution is -0.120. The van der Waals surface area contributed by atoms with Gasteiger partial charge in [0.25, 0.3) is 0 Å². The lowest BCUT2D eigenvalue weighted by Gasteiger charge is -1.87. The molecular weight excluding hydrogens is 190 g/mol. The van der Waals surface area contributed by atoms with Crippen LogP contribution in [0.1, 0.15) is 54.4 Å². The normalized spacial score (nSPS) is 6.67. The van der Waals surface area contributed by atoms with Crippen LogP contribution in [0.4, 0.5) is 0 Å². The van der Waals surface area contributed by atoms with E-state index < -0.39 is 0 Å². The van der Waals surface area contributed by atoms with Crippen LogP contribution in [-0.2, 0) is 9.53 Å². The number of carbonyl (C=O) groups excluding carboxylic acids is 1. The zero-order valence-corrected chi connectivity index (χ0v) is 11.9. The molecule has 15 heavy (non-hydrogen) atoms. The summed E-state index contributed by atoms with van der Waals surface area (Å²) >= 11 is 0. The average Bonchev–Trinajstić information content (AvgIpc) is 2.35. The fourth-order valence-electron chi connectivity index (χ4n) is 0.381. The predicted octanol–water partition coefficient (Wildman–Crippen LogP) is 3.24. The Labute approximate surface area is 96.6 Å². The molecule has 0 spiro atoms. The topological polar surface area (TPSA) is 38.3 Å². The molecule has 0 rings (SSSR count). The Morgan fingerprint density at radius 2 is 1.53 bits per heavy atom. The Morgan fingerprint density at radius 1 is 1.13 bits per heavy atom. The summed E-state index contributed by atoms with van der Waals surface area (Å²) in [4.78, 5) is 10.1. The monoisotopic (exact) mass is 221 g/mol. The maximum absolute atomic E-state index is 10.1. The molecule has 0 unspecified atom stereocenters. The van der Waals surface area contributed by atoms with E-state index in [2.05, 4.69) is 12.2 Å². The van der Waals surface area contributed by atoms with E-state index in [1.54, 1.807) is 14.2 Å². The number of nitrogens with one attached hydrogen (secondary N) is 1. The van der Waals surface area contributed by atoms with Gasteiger partial charge in [-0.25, -0.2) is 0 Å². The molecule has 3 heteroatoms. The fourth-order valence-corrected chi connectivity index (χ4v) is 0.381. The first kappa shape index (κ1) is 23.9. The summed E-state index contributed by atoms with van der Waals surface area (Å²) in [7, 11) is 3.34. The lowest BCUT2D eigenvalue weighted by atomic mass is 10.5. The van der Waals surface area contributed by atoms with Crippen molar-refractivity contribution in [2.24, 2.45) is 0 Å². The summed E-state index contributed by atoms with van der Waals surface area (Å²) < 4.78 is 4.69. The van der Waals surface area contributed by atoms with Crippen molar-refractivity contribution in [1.29, 1.82) is 0 Å². The van der Waals surface area contributed by atoms with Crippen molar-refractivity contribution in [3.8, 4) is 0 Å². The van der Waals surface area contributed by atoms with Gasteiger partial charge in [-0.05, 0) is 6.42 Å². The molecule has 0 radical (unpaired) electrons. The maximum atomic E-state index is 10.1. The van der Waals surface area contributed by atoms with E-state index in [0.717, 1.165) is 13.0 Å². The Kier molecular flexibility index (Phi) is 60.0. The first-order chi connectivity index (χ1) is 7.22. The molecule has 0 bridgehead atoms. The van der Waals surface area contributed by atoms with E-state index in [1.165, 1.54) is 0 Å². The number of hydrogen-bond acceptors (Lipinski definition) is 2. The highest BCUT2D eigenvalue weighted by Gasteiger charge is 1.84. The van der Waals surface area contributed by atoms with E-state index in [0.29, 0.717) is 6.42 Å². The van der Waals surface area contributed by atoms with Gasteiger partial charge < -0.3 is 10.1 Å². The van der Waals surface area contributed by atoms with Gasteiger partial charge in [0.15, 0.2) is 0 Å². The van der Waals surface area contributed by atoms with Crippen LogP contribution in [0.15, 0.2) is 0 Å². The molecule has 0 saturated carbocycles. The molecule has 0 saturated heterocycles. The second kappa shape index (κ2) is 37.6. The number of methoxy groups -OCH3 is 1. The van der Waals surface area contributed by atoms with Crippen LogP contribution in [0.2, 0.25) is 0 Å². The van der Waals surface area contributed by atoms with Crippen LogP contribution in [-0.4, -0.2) is 26.7 Å². The smallest absolute Gasteiger partial charge is 0.219 e. The SMILES string of the molecule is CC.CC.CCC(=O)NC.CCCOC. The van der Waals surface area contributed by atoms with Crippen molar-refractivity contribution in [3.05, 3.63) is 0 Å². The maximum Gasteiger partial charge on any atom is 0.219 e. The van der Waals surface area contributed by atoms with E-state index in [-0.39, 0.29) is 5.91 Å². The second-order valence-electron chi connectivity index (χ2n) is 2.02. The minimum atomic E-state index is 0.0926. The largest absolute Gasteiger partial charge is 0.385 e. The highest BCUT2D eigenvalue weighted by atomic mass is 16.5. The van der Waals surface area contributed by atoms with E-state index in [1.807, 2.05) is 34.6 Å². The number of rotatable bonds is 3. The van der Waals surface area contributed by atoms with Crippen LogP contribution in [0.5, 0.6) is 0 Å². The zero-order chi connectivity index (χ0) is 13.1. The van der Waals surface area contributed by atoms with Gasteiger partial charge in [0, 0.05) is 27.2 Å². The van der Waals surface area contributed by atoms with Gasteiger partial charge in [0.05, 0.1) is 0 Å². The summed E-state index contributed by atoms with van der Waals surface area (Å²) in [6, 6.07) is 0. The Hall–Kier alpha value is -0.570. The molecule has 0 aliphatic rings. The van der Waals surface area contributed by atoms with Crippen molar-refractivity contribution in [2.45, 2.75) is 54.4 Å². The summed E-state index contributed by atoms with van der Waals surface area (Å²) in [6.45, 7) is 12.8. The number of carbonyl (C=O) groups is 1. The van der Waals surface area contributed by atoms with Crippen LogP contribution < -0.4 is 5.32 Å². The van der Waals surface area contributed by atoms with Gasteiger partial charge in [-0.1, -0.05) is 41.5 Å². The first-order valence-corrected chi connectivity index (χ1v) is 5.92. The van der Waals surface area contributed by atoms with Crippen LogP contribution >= 0.6 is 0 Å². The highest BCUT2D eigenvalue weighted by molar-refractivity contribution is 5.74. The second-order valence-corrected chi connectivity index (χ2v) is 2.02. The minimum absolute atomic E-state index is 0.0926. The predicted molar refractivity (Wildman–Crippen MR) is 69.2 cm³/mol. The molecule has 96 valence electrons. The quantitative estimate of drug-likeness (QED) is 0.794. The molecule has 0 aromatic rings. The molecule has 0 aromatic carbocycles. The number of hydrogen-bond donors (Lipinski definition) is 1. The number of ether oxygens (including phenoxy) is 1. The van der Waals surface area contributed by atoms with Gasteiger partial charge in [-0.15, -0.1) is 0 Å². The summed E-state index contributed by atoms with van der Waals surface area (Å²) in [5, 5.41) is 2.48. The van der Waals surface area contributed by atoms with Gasteiger partial charge in [0.2, 0.25) is 5.91 Å². The minimum Gasteiger partial charge on any atom is -0.385 e. The molecule has 0 atom stereocenters. The van der Waals surface area contributed by atoms with Gasteiger partial charge >= 0.3 is 0 Å². The third-order valence-electron chi connectivity index (χ3n) is 1.01. The molecule has 0 aliphatic carbocycles. The molecule has 1 amide bonds. The Bertz CT molecular complexity index is 77.7. The van der Waals surface area contributed by atoms with Crippen LogP contribution in [0.3, 0.4) is 0 Å².